The fourth-order valence-corrected chi connectivity index (χ4v) is 17.5. The van der Waals surface area contributed by atoms with Crippen LogP contribution in [0, 0.1) is 11.8 Å². The predicted octanol–water partition coefficient (Wildman–Crippen LogP) is 1.34. The number of hydrogen-bond donors (Lipinski definition) is 26. The highest BCUT2D eigenvalue weighted by molar-refractivity contribution is 6.32. The molecule has 0 radical (unpaired) electrons. The molecule has 40 nitrogen and oxygen atoms in total. The average Bonchev–Trinajstić information content (AvgIpc) is 0.750. The van der Waals surface area contributed by atoms with Crippen molar-refractivity contribution in [2.24, 2.45) is 17.6 Å². The molecular formula is C91H108Cl3N11O29. The second-order valence-corrected chi connectivity index (χ2v) is 35.3. The van der Waals surface area contributed by atoms with Gasteiger partial charge in [0, 0.05) is 46.9 Å². The molecule has 7 aromatic rings. The first-order chi connectivity index (χ1) is 63.7. The summed E-state index contributed by atoms with van der Waals surface area (Å²) < 4.78 is 33.8. The van der Waals surface area contributed by atoms with Gasteiger partial charge in [0.25, 0.3) is 5.91 Å². The summed E-state index contributed by atoms with van der Waals surface area (Å²) in [6, 6.07) is 12.8. The summed E-state index contributed by atoms with van der Waals surface area (Å²) in [5.74, 6) is -18.7. The number of nitrogens with one attached hydrogen (secondary N) is 10. The number of halogens is 3. The van der Waals surface area contributed by atoms with E-state index in [4.69, 9.17) is 64.2 Å². The zero-order chi connectivity index (χ0) is 97.3. The average molecular weight is 1930 g/mol. The largest absolute Gasteiger partial charge is 0.507 e. The molecule has 0 aromatic heterocycles. The van der Waals surface area contributed by atoms with E-state index in [1.54, 1.807) is 19.1 Å². The fraction of sp³-hybridized carbons (Fsp3) is 0.440. The highest BCUT2D eigenvalue weighted by Crippen LogP contribution is 2.51. The quantitative estimate of drug-likeness (QED) is 0.0294. The molecular weight excluding hydrogens is 1820 g/mol. The van der Waals surface area contributed by atoms with Crippen LogP contribution in [0.2, 0.25) is 15.1 Å². The molecule has 2 fully saturated rings. The summed E-state index contributed by atoms with van der Waals surface area (Å²) in [7, 11) is 1.46. The Balaban J connectivity index is 1.01. The molecule has 43 heteroatoms. The molecule has 8 amide bonds. The maximum Gasteiger partial charge on any atom is 0.330 e. The van der Waals surface area contributed by atoms with E-state index in [1.807, 2.05) is 57.2 Å². The molecule has 7 aromatic carbocycles. The van der Waals surface area contributed by atoms with Gasteiger partial charge in [0.1, 0.15) is 114 Å². The number of phenols is 3. The maximum atomic E-state index is 16.5. The van der Waals surface area contributed by atoms with Crippen molar-refractivity contribution < 1.29 is 143 Å². The van der Waals surface area contributed by atoms with Gasteiger partial charge in [0.2, 0.25) is 53.4 Å². The minimum Gasteiger partial charge on any atom is -0.507 e. The van der Waals surface area contributed by atoms with Crippen molar-refractivity contribution in [1.82, 2.24) is 53.2 Å². The number of nitrogens with two attached hydrogens (primary N) is 1. The number of amides is 8. The van der Waals surface area contributed by atoms with Crippen molar-refractivity contribution >= 4 is 88.0 Å². The van der Waals surface area contributed by atoms with E-state index in [1.165, 1.54) is 19.2 Å². The summed E-state index contributed by atoms with van der Waals surface area (Å²) >= 11 is 20.6. The molecule has 6 heterocycles. The molecule has 6 aliphatic heterocycles. The van der Waals surface area contributed by atoms with Crippen LogP contribution >= 0.6 is 34.8 Å². The van der Waals surface area contributed by atoms with Crippen LogP contribution in [0.4, 0.5) is 0 Å². The maximum absolute atomic E-state index is 16.5. The molecule has 7 aliphatic rings. The minimum absolute atomic E-state index is 0.0158. The van der Waals surface area contributed by atoms with Gasteiger partial charge in [-0.3, -0.25) is 38.4 Å². The lowest BCUT2D eigenvalue weighted by molar-refractivity contribution is -0.299. The Morgan fingerprint density at radius 1 is 0.657 bits per heavy atom. The second-order valence-electron chi connectivity index (χ2n) is 34.1. The van der Waals surface area contributed by atoms with Crippen LogP contribution < -0.4 is 73.1 Å². The standard InChI is InChI=1S/C91H108Cl3N11O29/c1-6-91(99-34-40-8-10-41(11-9-40)42-12-17-47(92)18-13-42)33-48(25-39(4)81(91)120)130-80-77(118)75(116)63(37-107)133-90(80)134-79-61-29-46-30-62(79)132-60-21-16-45(28-53(60)94)72(113)70-87(126)103-68(89(128)129)50-31-57(109)51(35-97-22-7-23-98-88(127)78(119)76(117)74(115)58(110)36-106)73(114)65(50)49-26-43(14-19-56(49)108)66(84(123)105-70)102-85(124)67(46)101-83(122)55(32-64(95)111)100-86(125)69(104-82(121)54(96-5)24-38(2)3)71(112)44-15-20-59(131-61)52(93)27-44/h8-21,26-31,38-39,48,54-55,58,63,66-72,74-78,80-81,90,96-97,99,106-110,112-120H,6-7,22-25,32-37H2,1-5H3,(H2,95,111)(H,98,127)(H,100,125)(H,101,122)(H,102,124)(H,103,126)(H,104,121)(H,105,123)(H,128,129)/t39-,48-,54-,55+,58-,63-,66-,67-,68+,69-,70+,71-,72-,74-,75?,76+,77?,78-,80-,81-,90+,91?/m1/s1. The van der Waals surface area contributed by atoms with Crippen LogP contribution in [0.5, 0.6) is 46.0 Å². The van der Waals surface area contributed by atoms with E-state index in [-0.39, 0.29) is 73.1 Å². The number of aromatic hydroxyl groups is 3. The van der Waals surface area contributed by atoms with Gasteiger partial charge >= 0.3 is 5.97 Å². The first kappa shape index (κ1) is 102. The Morgan fingerprint density at radius 3 is 1.87 bits per heavy atom. The molecule has 722 valence electrons. The van der Waals surface area contributed by atoms with Crippen LogP contribution in [0.25, 0.3) is 22.3 Å². The molecule has 134 heavy (non-hydrogen) atoms. The third kappa shape index (κ3) is 23.0. The van der Waals surface area contributed by atoms with E-state index in [0.717, 1.165) is 77.4 Å². The lowest BCUT2D eigenvalue weighted by Gasteiger charge is -2.50. The van der Waals surface area contributed by atoms with Crippen LogP contribution in [-0.2, 0) is 65.7 Å². The molecule has 27 N–H and O–H groups in total. The van der Waals surface area contributed by atoms with Crippen molar-refractivity contribution in [3.8, 4) is 68.2 Å². The van der Waals surface area contributed by atoms with Crippen molar-refractivity contribution in [1.29, 1.82) is 0 Å². The topological polar surface area (TPSA) is 650 Å². The number of carbonyl (C=O) groups excluding carboxylic acids is 8. The third-order valence-electron chi connectivity index (χ3n) is 24.4. The number of ether oxygens (including phenoxy) is 5. The number of rotatable bonds is 29. The van der Waals surface area contributed by atoms with E-state index in [2.05, 4.69) is 53.2 Å². The zero-order valence-corrected chi connectivity index (χ0v) is 75.1. The summed E-state index contributed by atoms with van der Waals surface area (Å²) in [6.45, 7) is 4.61. The number of aliphatic hydroxyl groups excluding tert-OH is 11. The van der Waals surface area contributed by atoms with Crippen molar-refractivity contribution in [2.75, 3.05) is 33.4 Å². The lowest BCUT2D eigenvalue weighted by Crippen LogP contribution is -2.64. The van der Waals surface area contributed by atoms with Gasteiger partial charge in [-0.25, -0.2) is 4.79 Å². The zero-order valence-electron chi connectivity index (χ0n) is 72.9. The van der Waals surface area contributed by atoms with Crippen LogP contribution in [0.3, 0.4) is 0 Å². The SMILES string of the molecule is CCC1(NCc2ccc(-c3ccc(Cl)cc3)cc2)C[C@H](O[C@@H]2C(O)C(O)[C@@H](CO)O[C@H]2Oc2c3cc4cc2Oc2ccc(cc2Cl)[C@@H](O)[C@@H](NC(=O)[C@@H](CC(C)C)NC)C(=O)N[C@@H](CC(N)=O)C(=O)N[C@H]4C(=O)N[C@H]2C(=O)N[C@H](C(=O)N[C@H](C(=O)O)c4cc(O)c(CNCCCNC(=O)[C@H](O)[C@@H](O)[C@H](O)[C@H](O)CO)c(O)c4-c4cc2ccc4O)[C@H](O)c2ccc(c(Cl)c2)O3)C[C@@H](C)[C@H]1O. The molecule has 0 spiro atoms. The monoisotopic (exact) mass is 1920 g/mol. The summed E-state index contributed by atoms with van der Waals surface area (Å²) in [5, 5.41) is 196. The van der Waals surface area contributed by atoms with Gasteiger partial charge in [-0.15, -0.1) is 0 Å². The first-order valence-electron chi connectivity index (χ1n) is 43.1. The minimum atomic E-state index is -2.43. The number of aliphatic carboxylic acids is 1. The number of likely N-dealkylation sites (N-methyl/N-ethyl adjacent to an activating group) is 1. The molecule has 3 unspecified atom stereocenters. The second kappa shape index (κ2) is 44.1. The van der Waals surface area contributed by atoms with Gasteiger partial charge < -0.3 is 159 Å². The summed E-state index contributed by atoms with van der Waals surface area (Å²) in [4.78, 5) is 133. The van der Waals surface area contributed by atoms with E-state index >= 15 is 24.0 Å². The number of primary amides is 1. The van der Waals surface area contributed by atoms with Crippen LogP contribution in [0.15, 0.2) is 121 Å². The number of carboxylic acid groups (broad SMARTS) is 1. The number of phenolic OH excluding ortho intramolecular Hbond substituents is 3. The van der Waals surface area contributed by atoms with E-state index in [9.17, 15) is 95.8 Å². The van der Waals surface area contributed by atoms with E-state index < -0.39 is 291 Å². The Bertz CT molecular complexity index is 5480. The van der Waals surface area contributed by atoms with Crippen LogP contribution in [0.1, 0.15) is 135 Å². The van der Waals surface area contributed by atoms with Crippen molar-refractivity contribution in [3.63, 3.8) is 0 Å². The number of carboxylic acids is 1. The van der Waals surface area contributed by atoms with Gasteiger partial charge in [-0.1, -0.05) is 117 Å². The summed E-state index contributed by atoms with van der Waals surface area (Å²) in [6.07, 6.45) is -25.0. The van der Waals surface area contributed by atoms with Gasteiger partial charge in [-0.2, -0.15) is 0 Å². The Labute approximate surface area is 781 Å². The Hall–Kier alpha value is -11.2. The fourth-order valence-electron chi connectivity index (χ4n) is 16.9. The van der Waals surface area contributed by atoms with Gasteiger partial charge in [-0.05, 0) is 163 Å². The molecule has 14 rings (SSSR count). The number of benzene rings is 7. The van der Waals surface area contributed by atoms with Gasteiger partial charge in [0.05, 0.1) is 53.5 Å². The number of carbonyl (C=O) groups is 9. The molecule has 11 bridgehead atoms. The van der Waals surface area contributed by atoms with Crippen molar-refractivity contribution in [3.05, 3.63) is 175 Å². The predicted molar refractivity (Wildman–Crippen MR) is 477 cm³/mol. The molecule has 1 aliphatic carbocycles. The van der Waals surface area contributed by atoms with E-state index in [0.29, 0.717) is 11.4 Å². The van der Waals surface area contributed by atoms with Crippen molar-refractivity contribution in [2.45, 2.75) is 207 Å². The Morgan fingerprint density at radius 2 is 1.27 bits per heavy atom. The smallest absolute Gasteiger partial charge is 0.330 e. The summed E-state index contributed by atoms with van der Waals surface area (Å²) in [5.41, 5.74) is 3.55. The highest BCUT2D eigenvalue weighted by Gasteiger charge is 2.53. The normalized spacial score (nSPS) is 26.0. The first-order valence-corrected chi connectivity index (χ1v) is 44.2. The molecule has 22 atom stereocenters. The van der Waals surface area contributed by atoms with Crippen LogP contribution in [-0.4, -0.2) is 260 Å². The number of aliphatic hydroxyl groups is 11. The number of hydrogen-bond acceptors (Lipinski definition) is 31. The third-order valence-corrected chi connectivity index (χ3v) is 25.2. The number of fused-ring (bicyclic) bond motifs is 15. The lowest BCUT2D eigenvalue weighted by atomic mass is 9.70. The molecule has 1 saturated heterocycles. The van der Waals surface area contributed by atoms with Gasteiger partial charge in [0.15, 0.2) is 23.6 Å². The highest BCUT2D eigenvalue weighted by atomic mass is 35.5. The molecule has 1 saturated carbocycles. The Kier molecular flexibility index (Phi) is 33.5.